The van der Waals surface area contributed by atoms with Gasteiger partial charge in [-0.2, -0.15) is 4.98 Å². The fourth-order valence-electron chi connectivity index (χ4n) is 1.89. The lowest BCUT2D eigenvalue weighted by atomic mass is 10.2. The second kappa shape index (κ2) is 4.87. The third kappa shape index (κ3) is 2.66. The molecule has 0 unspecified atom stereocenters. The summed E-state index contributed by atoms with van der Waals surface area (Å²) in [5.41, 5.74) is 0.632. The highest BCUT2D eigenvalue weighted by atomic mass is 35.5. The maximum atomic E-state index is 11.5. The first kappa shape index (κ1) is 12.1. The van der Waals surface area contributed by atoms with Crippen LogP contribution in [0.3, 0.4) is 0 Å². The Hall–Kier alpha value is -1.36. The lowest BCUT2D eigenvalue weighted by Crippen LogP contribution is -2.35. The molecular weight excluding hydrogens is 240 g/mol. The molecule has 0 radical (unpaired) electrons. The minimum atomic E-state index is 0.000536. The van der Waals surface area contributed by atoms with Gasteiger partial charge in [-0.25, -0.2) is 4.98 Å². The van der Waals surface area contributed by atoms with Crippen LogP contribution in [0.5, 0.6) is 0 Å². The van der Waals surface area contributed by atoms with Gasteiger partial charge >= 0.3 is 0 Å². The van der Waals surface area contributed by atoms with E-state index in [1.165, 1.54) is 0 Å². The molecule has 17 heavy (non-hydrogen) atoms. The Balaban J connectivity index is 2.44. The fraction of sp³-hybridized carbons (Fsp3) is 0.545. The summed E-state index contributed by atoms with van der Waals surface area (Å²) < 4.78 is 0. The summed E-state index contributed by atoms with van der Waals surface area (Å²) in [5, 5.41) is 3.01. The number of nitrogens with zero attached hydrogens (tertiary/aromatic N) is 3. The van der Waals surface area contributed by atoms with Gasteiger partial charge in [-0.05, 0) is 31.9 Å². The van der Waals surface area contributed by atoms with Crippen LogP contribution in [0.1, 0.15) is 26.7 Å². The third-order valence-electron chi connectivity index (χ3n) is 2.71. The van der Waals surface area contributed by atoms with Crippen molar-refractivity contribution in [2.24, 2.45) is 0 Å². The van der Waals surface area contributed by atoms with E-state index in [2.05, 4.69) is 34.0 Å². The van der Waals surface area contributed by atoms with Crippen LogP contribution in [0.4, 0.5) is 11.5 Å². The van der Waals surface area contributed by atoms with Gasteiger partial charge in [-0.3, -0.25) is 4.79 Å². The molecular formula is C11H15ClN4O. The molecule has 1 aliphatic heterocycles. The van der Waals surface area contributed by atoms with Crippen molar-refractivity contribution >= 4 is 29.0 Å². The van der Waals surface area contributed by atoms with Crippen LogP contribution in [0, 0.1) is 0 Å². The molecule has 5 nitrogen and oxygen atoms in total. The maximum Gasteiger partial charge on any atom is 0.224 e. The number of carbonyl (C=O) groups excluding carboxylic acids is 1. The number of amides is 1. The molecule has 1 amide bonds. The molecule has 0 atom stereocenters. The van der Waals surface area contributed by atoms with Crippen molar-refractivity contribution in [2.45, 2.75) is 32.7 Å². The van der Waals surface area contributed by atoms with E-state index < -0.39 is 0 Å². The van der Waals surface area contributed by atoms with Crippen LogP contribution in [-0.2, 0) is 4.79 Å². The summed E-state index contributed by atoms with van der Waals surface area (Å²) >= 11 is 5.82. The predicted octanol–water partition coefficient (Wildman–Crippen LogP) is 2.08. The van der Waals surface area contributed by atoms with Crippen LogP contribution < -0.4 is 10.2 Å². The molecule has 0 aliphatic carbocycles. The standard InChI is InChI=1S/C11H15ClN4O/c1-7(2)16-5-3-4-9(17)14-8-6-13-11(12)15-10(8)16/h6-7H,3-5H2,1-2H3,(H,14,17). The van der Waals surface area contributed by atoms with Crippen molar-refractivity contribution in [1.29, 1.82) is 0 Å². The normalized spacial score (nSPS) is 16.2. The van der Waals surface area contributed by atoms with Crippen LogP contribution in [0.25, 0.3) is 0 Å². The van der Waals surface area contributed by atoms with Crippen LogP contribution in [0.2, 0.25) is 5.28 Å². The highest BCUT2D eigenvalue weighted by molar-refractivity contribution is 6.28. The molecule has 6 heteroatoms. The van der Waals surface area contributed by atoms with E-state index in [1.54, 1.807) is 6.20 Å². The lowest BCUT2D eigenvalue weighted by Gasteiger charge is -2.31. The highest BCUT2D eigenvalue weighted by Crippen LogP contribution is 2.27. The molecule has 0 saturated heterocycles. The van der Waals surface area contributed by atoms with Gasteiger partial charge in [-0.1, -0.05) is 0 Å². The summed E-state index contributed by atoms with van der Waals surface area (Å²) in [6.07, 6.45) is 2.89. The molecule has 0 bridgehead atoms. The monoisotopic (exact) mass is 254 g/mol. The minimum Gasteiger partial charge on any atom is -0.352 e. The lowest BCUT2D eigenvalue weighted by molar-refractivity contribution is -0.116. The summed E-state index contributed by atoms with van der Waals surface area (Å²) in [6.45, 7) is 4.97. The van der Waals surface area contributed by atoms with Crippen molar-refractivity contribution < 1.29 is 4.79 Å². The Morgan fingerprint density at radius 1 is 1.53 bits per heavy atom. The first-order valence-corrected chi connectivity index (χ1v) is 6.05. The zero-order valence-electron chi connectivity index (χ0n) is 9.90. The van der Waals surface area contributed by atoms with Gasteiger partial charge in [0.2, 0.25) is 11.2 Å². The number of anilines is 2. The number of halogens is 1. The van der Waals surface area contributed by atoms with Crippen LogP contribution in [0.15, 0.2) is 6.20 Å². The predicted molar refractivity (Wildman–Crippen MR) is 67.4 cm³/mol. The minimum absolute atomic E-state index is 0.000536. The Morgan fingerprint density at radius 3 is 3.00 bits per heavy atom. The smallest absolute Gasteiger partial charge is 0.224 e. The maximum absolute atomic E-state index is 11.5. The van der Waals surface area contributed by atoms with E-state index in [9.17, 15) is 4.79 Å². The van der Waals surface area contributed by atoms with E-state index in [-0.39, 0.29) is 11.2 Å². The molecule has 2 heterocycles. The SMILES string of the molecule is CC(C)N1CCCC(=O)Nc2cnc(Cl)nc21. The van der Waals surface area contributed by atoms with E-state index in [0.717, 1.165) is 13.0 Å². The highest BCUT2D eigenvalue weighted by Gasteiger charge is 2.21. The third-order valence-corrected chi connectivity index (χ3v) is 2.89. The van der Waals surface area contributed by atoms with Crippen LogP contribution in [-0.4, -0.2) is 28.5 Å². The largest absolute Gasteiger partial charge is 0.352 e. The summed E-state index contributed by atoms with van der Waals surface area (Å²) in [5.74, 6) is 0.702. The summed E-state index contributed by atoms with van der Waals surface area (Å²) in [4.78, 5) is 21.8. The second-order valence-electron chi connectivity index (χ2n) is 4.32. The molecule has 0 aromatic carbocycles. The van der Waals surface area contributed by atoms with Crippen molar-refractivity contribution in [3.05, 3.63) is 11.5 Å². The number of fused-ring (bicyclic) bond motifs is 1. The molecule has 0 saturated carbocycles. The zero-order valence-corrected chi connectivity index (χ0v) is 10.7. The first-order chi connectivity index (χ1) is 8.08. The van der Waals surface area contributed by atoms with Gasteiger partial charge in [0, 0.05) is 19.0 Å². The summed E-state index contributed by atoms with van der Waals surface area (Å²) in [6, 6.07) is 0.301. The Kier molecular flexibility index (Phi) is 3.47. The van der Waals surface area contributed by atoms with Gasteiger partial charge in [0.25, 0.3) is 0 Å². The van der Waals surface area contributed by atoms with Gasteiger partial charge in [-0.15, -0.1) is 0 Å². The van der Waals surface area contributed by atoms with E-state index in [4.69, 9.17) is 11.6 Å². The average molecular weight is 255 g/mol. The van der Waals surface area contributed by atoms with E-state index >= 15 is 0 Å². The van der Waals surface area contributed by atoms with Crippen LogP contribution >= 0.6 is 11.6 Å². The van der Waals surface area contributed by atoms with Crippen molar-refractivity contribution in [3.63, 3.8) is 0 Å². The number of aromatic nitrogens is 2. The van der Waals surface area contributed by atoms with Crippen molar-refractivity contribution in [2.75, 3.05) is 16.8 Å². The van der Waals surface area contributed by atoms with Gasteiger partial charge in [0.15, 0.2) is 5.82 Å². The second-order valence-corrected chi connectivity index (χ2v) is 4.65. The number of carbonyl (C=O) groups is 1. The number of rotatable bonds is 1. The van der Waals surface area contributed by atoms with Crippen molar-refractivity contribution in [3.8, 4) is 0 Å². The van der Waals surface area contributed by atoms with E-state index in [0.29, 0.717) is 24.0 Å². The van der Waals surface area contributed by atoms with Gasteiger partial charge < -0.3 is 10.2 Å². The van der Waals surface area contributed by atoms with Gasteiger partial charge in [0.05, 0.1) is 6.20 Å². The quantitative estimate of drug-likeness (QED) is 0.780. The van der Waals surface area contributed by atoms with Gasteiger partial charge in [0.1, 0.15) is 5.69 Å². The topological polar surface area (TPSA) is 58.1 Å². The number of hydrogen-bond donors (Lipinski definition) is 1. The molecule has 92 valence electrons. The molecule has 1 N–H and O–H groups in total. The fourth-order valence-corrected chi connectivity index (χ4v) is 2.02. The zero-order chi connectivity index (χ0) is 12.4. The molecule has 1 aliphatic rings. The average Bonchev–Trinajstić information content (AvgIpc) is 2.24. The molecule has 1 aromatic rings. The molecule has 2 rings (SSSR count). The Bertz CT molecular complexity index is 435. The first-order valence-electron chi connectivity index (χ1n) is 5.67. The van der Waals surface area contributed by atoms with E-state index in [1.807, 2.05) is 0 Å². The van der Waals surface area contributed by atoms with Crippen molar-refractivity contribution in [1.82, 2.24) is 9.97 Å². The molecule has 1 aromatic heterocycles. The Morgan fingerprint density at radius 2 is 2.29 bits per heavy atom. The Labute approximate surface area is 105 Å². The summed E-state index contributed by atoms with van der Waals surface area (Å²) in [7, 11) is 0. The molecule has 0 spiro atoms. The number of nitrogens with one attached hydrogen (secondary N) is 1. The number of hydrogen-bond acceptors (Lipinski definition) is 4. The molecule has 0 fully saturated rings.